The Kier molecular flexibility index (Phi) is 4.14. The fourth-order valence-electron chi connectivity index (χ4n) is 2.70. The average molecular weight is 361 g/mol. The summed E-state index contributed by atoms with van der Waals surface area (Å²) in [5.41, 5.74) is 8.36. The highest BCUT2D eigenvalue weighted by Gasteiger charge is 2.11. The highest BCUT2D eigenvalue weighted by Crippen LogP contribution is 2.25. The van der Waals surface area contributed by atoms with Gasteiger partial charge in [0.1, 0.15) is 5.69 Å². The molecule has 26 heavy (non-hydrogen) atoms. The van der Waals surface area contributed by atoms with Gasteiger partial charge in [0.05, 0.1) is 16.6 Å². The lowest BCUT2D eigenvalue weighted by atomic mass is 10.1. The monoisotopic (exact) mass is 361 g/mol. The van der Waals surface area contributed by atoms with Crippen molar-refractivity contribution in [2.24, 2.45) is 0 Å². The third-order valence-corrected chi connectivity index (χ3v) is 4.73. The van der Waals surface area contributed by atoms with E-state index in [9.17, 15) is 4.79 Å². The number of anilines is 1. The van der Waals surface area contributed by atoms with Crippen LogP contribution in [0, 0.1) is 0 Å². The first-order valence-corrected chi connectivity index (χ1v) is 9.15. The van der Waals surface area contributed by atoms with E-state index in [4.69, 9.17) is 5.73 Å². The molecular weight excluding hydrogens is 346 g/mol. The summed E-state index contributed by atoms with van der Waals surface area (Å²) >= 11 is 1.67. The maximum atomic E-state index is 12.3. The number of fused-ring (bicyclic) bond motifs is 1. The number of hydrogen-bond donors (Lipinski definition) is 2. The van der Waals surface area contributed by atoms with Gasteiger partial charge in [0, 0.05) is 10.5 Å². The largest absolute Gasteiger partial charge is 0.368 e. The summed E-state index contributed by atoms with van der Waals surface area (Å²) < 4.78 is 0. The summed E-state index contributed by atoms with van der Waals surface area (Å²) in [6.45, 7) is 0. The molecule has 6 nitrogen and oxygen atoms in total. The van der Waals surface area contributed by atoms with E-state index in [0.29, 0.717) is 28.1 Å². The second-order valence-corrected chi connectivity index (χ2v) is 6.54. The van der Waals surface area contributed by atoms with Crippen LogP contribution >= 0.6 is 11.8 Å². The zero-order valence-corrected chi connectivity index (χ0v) is 14.7. The lowest BCUT2D eigenvalue weighted by Crippen LogP contribution is -2.10. The van der Waals surface area contributed by atoms with Gasteiger partial charge in [-0.2, -0.15) is 0 Å². The highest BCUT2D eigenvalue weighted by atomic mass is 32.2. The van der Waals surface area contributed by atoms with Crippen LogP contribution < -0.4 is 11.3 Å². The van der Waals surface area contributed by atoms with Gasteiger partial charge < -0.3 is 10.7 Å². The van der Waals surface area contributed by atoms with Gasteiger partial charge >= 0.3 is 0 Å². The van der Waals surface area contributed by atoms with Crippen molar-refractivity contribution >= 4 is 28.6 Å². The molecule has 0 saturated carbocycles. The summed E-state index contributed by atoms with van der Waals surface area (Å²) in [6.07, 6.45) is 2.03. The zero-order valence-electron chi connectivity index (χ0n) is 13.9. The molecule has 2 aromatic heterocycles. The normalized spacial score (nSPS) is 11.0. The van der Waals surface area contributed by atoms with E-state index in [1.54, 1.807) is 36.0 Å². The Bertz CT molecular complexity index is 1150. The maximum Gasteiger partial charge on any atom is 0.259 e. The van der Waals surface area contributed by atoms with E-state index in [0.717, 1.165) is 10.5 Å². The number of rotatable bonds is 3. The Morgan fingerprint density at radius 1 is 0.962 bits per heavy atom. The molecule has 0 unspecified atom stereocenters. The third-order valence-electron chi connectivity index (χ3n) is 3.98. The third kappa shape index (κ3) is 3.04. The lowest BCUT2D eigenvalue weighted by molar-refractivity contribution is 1.12. The number of hydrogen-bond acceptors (Lipinski definition) is 6. The van der Waals surface area contributed by atoms with Gasteiger partial charge in [-0.1, -0.05) is 24.3 Å². The molecule has 0 aliphatic heterocycles. The van der Waals surface area contributed by atoms with Gasteiger partial charge in [-0.05, 0) is 36.6 Å². The van der Waals surface area contributed by atoms with Crippen molar-refractivity contribution in [1.29, 1.82) is 0 Å². The minimum atomic E-state index is -0.214. The summed E-state index contributed by atoms with van der Waals surface area (Å²) in [5.74, 6) is 0.493. The standard InChI is InChI=1S/C19H15N5OS/c1-26-12-8-6-11(7-9-12)15-10-16(23-19(20)22-15)17-21-14-5-3-2-4-13(14)18(25)24-17/h2-10H,1H3,(H2,20,22,23)(H,21,24,25). The van der Waals surface area contributed by atoms with Crippen LogP contribution in [0.3, 0.4) is 0 Å². The first-order valence-electron chi connectivity index (χ1n) is 7.92. The predicted molar refractivity (Wildman–Crippen MR) is 105 cm³/mol. The van der Waals surface area contributed by atoms with E-state index in [1.807, 2.05) is 36.6 Å². The minimum absolute atomic E-state index is 0.127. The smallest absolute Gasteiger partial charge is 0.259 e. The molecule has 0 saturated heterocycles. The van der Waals surface area contributed by atoms with Gasteiger partial charge in [0.25, 0.3) is 5.56 Å². The van der Waals surface area contributed by atoms with Crippen LogP contribution in [0.25, 0.3) is 33.7 Å². The van der Waals surface area contributed by atoms with Crippen LogP contribution in [0.15, 0.2) is 64.3 Å². The topological polar surface area (TPSA) is 97.5 Å². The van der Waals surface area contributed by atoms with Crippen molar-refractivity contribution in [3.8, 4) is 22.8 Å². The van der Waals surface area contributed by atoms with Crippen molar-refractivity contribution in [1.82, 2.24) is 19.9 Å². The molecule has 0 aliphatic rings. The Balaban J connectivity index is 1.85. The predicted octanol–water partition coefficient (Wildman–Crippen LogP) is 3.35. The Morgan fingerprint density at radius 3 is 2.46 bits per heavy atom. The van der Waals surface area contributed by atoms with Crippen molar-refractivity contribution in [3.63, 3.8) is 0 Å². The number of para-hydroxylation sites is 1. The van der Waals surface area contributed by atoms with Crippen molar-refractivity contribution in [2.45, 2.75) is 4.90 Å². The zero-order chi connectivity index (χ0) is 18.1. The molecule has 128 valence electrons. The van der Waals surface area contributed by atoms with E-state index in [1.165, 1.54) is 0 Å². The van der Waals surface area contributed by atoms with Crippen LogP contribution in [0.4, 0.5) is 5.95 Å². The molecule has 7 heteroatoms. The van der Waals surface area contributed by atoms with E-state index in [-0.39, 0.29) is 11.5 Å². The van der Waals surface area contributed by atoms with E-state index >= 15 is 0 Å². The number of nitrogens with one attached hydrogen (secondary N) is 1. The number of H-pyrrole nitrogens is 1. The highest BCUT2D eigenvalue weighted by molar-refractivity contribution is 7.98. The molecule has 0 bridgehead atoms. The quantitative estimate of drug-likeness (QED) is 0.543. The summed E-state index contributed by atoms with van der Waals surface area (Å²) in [4.78, 5) is 29.3. The van der Waals surface area contributed by atoms with E-state index < -0.39 is 0 Å². The maximum absolute atomic E-state index is 12.3. The summed E-state index contributed by atoms with van der Waals surface area (Å²) in [7, 11) is 0. The van der Waals surface area contributed by atoms with Crippen LogP contribution in [-0.4, -0.2) is 26.2 Å². The molecule has 2 aromatic carbocycles. The number of aromatic amines is 1. The van der Waals surface area contributed by atoms with Crippen molar-refractivity contribution in [3.05, 3.63) is 65.0 Å². The molecule has 0 radical (unpaired) electrons. The summed E-state index contributed by atoms with van der Waals surface area (Å²) in [6, 6.07) is 16.9. The molecular formula is C19H15N5OS. The number of thioether (sulfide) groups is 1. The molecule has 2 heterocycles. The number of nitrogen functional groups attached to an aromatic ring is 1. The molecule has 3 N–H and O–H groups in total. The fraction of sp³-hybridized carbons (Fsp3) is 0.0526. The SMILES string of the molecule is CSc1ccc(-c2cc(-c3nc4ccccc4c(=O)[nH]3)nc(N)n2)cc1. The Hall–Kier alpha value is -3.19. The van der Waals surface area contributed by atoms with Gasteiger partial charge in [0.2, 0.25) is 5.95 Å². The van der Waals surface area contributed by atoms with Gasteiger partial charge in [0.15, 0.2) is 5.82 Å². The Morgan fingerprint density at radius 2 is 1.69 bits per heavy atom. The number of nitrogens with two attached hydrogens (primary N) is 1. The molecule has 0 aliphatic carbocycles. The van der Waals surface area contributed by atoms with E-state index in [2.05, 4.69) is 19.9 Å². The van der Waals surface area contributed by atoms with Crippen LogP contribution in [0.5, 0.6) is 0 Å². The molecule has 0 atom stereocenters. The molecule has 4 rings (SSSR count). The Labute approximate surface area is 153 Å². The van der Waals surface area contributed by atoms with Crippen LogP contribution in [0.1, 0.15) is 0 Å². The molecule has 4 aromatic rings. The minimum Gasteiger partial charge on any atom is -0.368 e. The summed E-state index contributed by atoms with van der Waals surface area (Å²) in [5, 5.41) is 0.533. The number of aromatic nitrogens is 4. The lowest BCUT2D eigenvalue weighted by Gasteiger charge is -2.07. The molecule has 0 fully saturated rings. The average Bonchev–Trinajstić information content (AvgIpc) is 2.67. The van der Waals surface area contributed by atoms with Crippen molar-refractivity contribution in [2.75, 3.05) is 12.0 Å². The number of benzene rings is 2. The molecule has 0 amide bonds. The first kappa shape index (κ1) is 16.3. The van der Waals surface area contributed by atoms with Gasteiger partial charge in [-0.3, -0.25) is 4.79 Å². The van der Waals surface area contributed by atoms with Crippen molar-refractivity contribution < 1.29 is 0 Å². The van der Waals surface area contributed by atoms with Gasteiger partial charge in [-0.25, -0.2) is 15.0 Å². The fourth-order valence-corrected chi connectivity index (χ4v) is 3.11. The number of nitrogens with zero attached hydrogens (tertiary/aromatic N) is 3. The van der Waals surface area contributed by atoms with Crippen LogP contribution in [-0.2, 0) is 0 Å². The van der Waals surface area contributed by atoms with Gasteiger partial charge in [-0.15, -0.1) is 11.8 Å². The second-order valence-electron chi connectivity index (χ2n) is 5.66. The first-order chi connectivity index (χ1) is 12.6. The second kappa shape index (κ2) is 6.61. The molecule has 0 spiro atoms. The van der Waals surface area contributed by atoms with Crippen LogP contribution in [0.2, 0.25) is 0 Å².